The largest absolute Gasteiger partial charge is 0.481 e. The number of rotatable bonds is 20. The fourth-order valence-corrected chi connectivity index (χ4v) is 22.3. The molecule has 0 spiro atoms. The summed E-state index contributed by atoms with van der Waals surface area (Å²) in [6.45, 7) is 6.82. The second-order valence-corrected chi connectivity index (χ2v) is 39.7. The molecule has 5 heterocycles. The van der Waals surface area contributed by atoms with E-state index in [1.165, 1.54) is 67.3 Å². The Labute approximate surface area is 828 Å². The number of aryl methyl sites for hydroxylation is 2. The zero-order valence-electron chi connectivity index (χ0n) is 80.5. The lowest BCUT2D eigenvalue weighted by Crippen LogP contribution is -2.33. The third-order valence-electron chi connectivity index (χ3n) is 30.3. The van der Waals surface area contributed by atoms with E-state index in [0.29, 0.717) is 110 Å². The van der Waals surface area contributed by atoms with Gasteiger partial charge in [-0.15, -0.1) is 0 Å². The summed E-state index contributed by atoms with van der Waals surface area (Å²) < 4.78 is 24.7. The number of halogens is 1. The molecule has 21 rings (SSSR count). The number of hydrogen-bond donors (Lipinski definition) is 8. The van der Waals surface area contributed by atoms with Crippen LogP contribution in [0.4, 0.5) is 69.1 Å². The van der Waals surface area contributed by atoms with Crippen LogP contribution in [0.5, 0.6) is 11.5 Å². The second kappa shape index (κ2) is 44.7. The Balaban J connectivity index is 0.000000125. The standard InChI is InChI=1S/C30H30N2O5.2C30H32N2O3.C29H29FN2O3/c33-29(34)15-19-1-3-20(4-2-19)21-5-7-22(8-6-21)23-9-11-26-24(16-23)13-14-32(26)30(35)31-25-10-12-27-28(17-25)37-18-36-27;2*1-20-2-13-27(14-3-20)31-30(35)32-17-16-26-19-25(12-15-28(26)32)24-10-8-23(9-11-24)22-6-4-21(5-7-22)18-29(33)34;30-25-3-1-2-4-26(25)31-29(35)32-16-15-24-18-23(13-14-27(24)32)22-11-9-21(10-12-22)20-7-5-19(6-8-20)17-28(33)34/h5-12,16-17,19-20H,1-4,13-15,18H2,(H,31,35)(H,33,34);2*2-3,8-15,19,21-22H,4-7,16-18H2,1H3,(H,31,35)(H,33,34);1-4,9-14,18-20H,5-8,15-17H2,(H,31,35)(H,33,34). The van der Waals surface area contributed by atoms with Crippen molar-refractivity contribution in [3.05, 3.63) is 322 Å². The van der Waals surface area contributed by atoms with Crippen LogP contribution in [0.3, 0.4) is 0 Å². The average Bonchev–Trinajstić information content (AvgIpc) is 1.68. The Morgan fingerprint density at radius 3 is 0.838 bits per heavy atom. The van der Waals surface area contributed by atoms with Gasteiger partial charge >= 0.3 is 48.0 Å². The first-order chi connectivity index (χ1) is 68.9. The molecule has 12 aromatic rings. The number of fused-ring (bicyclic) bond motifs is 5. The van der Waals surface area contributed by atoms with Gasteiger partial charge in [0, 0.05) is 97.7 Å². The molecule has 22 nitrogen and oxygen atoms in total. The highest BCUT2D eigenvalue weighted by molar-refractivity contribution is 6.06. The number of nitrogens with one attached hydrogen (secondary N) is 4. The van der Waals surface area contributed by atoms with Crippen molar-refractivity contribution in [1.29, 1.82) is 0 Å². The number of aliphatic carboxylic acids is 4. The van der Waals surface area contributed by atoms with Crippen molar-refractivity contribution in [3.63, 3.8) is 0 Å². The molecule has 0 aromatic heterocycles. The van der Waals surface area contributed by atoms with Gasteiger partial charge in [-0.3, -0.25) is 38.8 Å². The van der Waals surface area contributed by atoms with E-state index >= 15 is 0 Å². The van der Waals surface area contributed by atoms with Gasteiger partial charge in [0.2, 0.25) is 6.79 Å². The number of nitrogens with zero attached hydrogens (tertiary/aromatic N) is 4. The Hall–Kier alpha value is -14.9. The molecule has 8 N–H and O–H groups in total. The average molecular weight is 1910 g/mol. The topological polar surface area (TPSA) is 297 Å². The maximum atomic E-state index is 13.9. The Morgan fingerprint density at radius 2 is 0.549 bits per heavy atom. The normalized spacial score (nSPS) is 19.5. The molecule has 0 atom stereocenters. The highest BCUT2D eigenvalue weighted by Gasteiger charge is 2.34. The van der Waals surface area contributed by atoms with Crippen LogP contribution in [0.2, 0.25) is 0 Å². The number of ether oxygens (including phenoxy) is 2. The lowest BCUT2D eigenvalue weighted by molar-refractivity contribution is -0.139. The number of amides is 8. The van der Waals surface area contributed by atoms with Crippen LogP contribution >= 0.6 is 0 Å². The Kier molecular flexibility index (Phi) is 30.7. The van der Waals surface area contributed by atoms with Crippen molar-refractivity contribution in [1.82, 2.24) is 0 Å². The molecule has 5 aliphatic heterocycles. The molecule has 8 amide bonds. The third kappa shape index (κ3) is 24.1. The third-order valence-corrected chi connectivity index (χ3v) is 30.3. The number of hydrogen-bond acceptors (Lipinski definition) is 10. The highest BCUT2D eigenvalue weighted by Crippen LogP contribution is 2.46. The molecule has 23 heteroatoms. The molecule has 4 aliphatic carbocycles. The molecule has 0 saturated heterocycles. The molecular weight excluding hydrogens is 1780 g/mol. The molecule has 4 fully saturated rings. The number of anilines is 8. The summed E-state index contributed by atoms with van der Waals surface area (Å²) in [5.74, 6) is 1.47. The van der Waals surface area contributed by atoms with Crippen LogP contribution in [-0.2, 0) is 44.9 Å². The van der Waals surface area contributed by atoms with E-state index < -0.39 is 29.7 Å². The van der Waals surface area contributed by atoms with Crippen LogP contribution in [0.25, 0.3) is 44.5 Å². The minimum absolute atomic E-state index is 0.0946. The Bertz CT molecular complexity index is 6370. The maximum Gasteiger partial charge on any atom is 0.326 e. The lowest BCUT2D eigenvalue weighted by Gasteiger charge is -2.28. The quantitative estimate of drug-likeness (QED) is 0.0352. The van der Waals surface area contributed by atoms with Gasteiger partial charge in [0.1, 0.15) is 5.82 Å². The Morgan fingerprint density at radius 1 is 0.289 bits per heavy atom. The van der Waals surface area contributed by atoms with Gasteiger partial charge in [-0.25, -0.2) is 23.6 Å². The van der Waals surface area contributed by atoms with Gasteiger partial charge in [0.05, 0.1) is 5.69 Å². The van der Waals surface area contributed by atoms with Gasteiger partial charge in [0.15, 0.2) is 11.5 Å². The van der Waals surface area contributed by atoms with Crippen LogP contribution in [0, 0.1) is 43.3 Å². The number of carbonyl (C=O) groups excluding carboxylic acids is 4. The predicted molar refractivity (Wildman–Crippen MR) is 557 cm³/mol. The molecule has 4 saturated carbocycles. The lowest BCUT2D eigenvalue weighted by atomic mass is 9.77. The fourth-order valence-electron chi connectivity index (χ4n) is 22.3. The van der Waals surface area contributed by atoms with E-state index in [0.717, 1.165) is 201 Å². The van der Waals surface area contributed by atoms with Crippen molar-refractivity contribution in [2.45, 2.75) is 192 Å². The SMILES string of the molecule is Cc1ccc(NC(=O)N2CCc3cc(-c4ccc(C5CCC(CC(=O)O)CC5)cc4)ccc32)cc1.Cc1ccc(NC(=O)N2CCc3cc(-c4ccc(C5CCC(CC(=O)O)CC5)cc4)ccc32)cc1.O=C(O)CC1CCC(c2ccc(-c3ccc4c(c3)CCN4C(=O)Nc3ccc4c(c3)OCO4)cc2)CC1.O=C(O)CC1CCC(c2ccc(-c3ccc4c(c3)CCN4C(=O)Nc3ccccc3F)cc2)CC1. The molecule has 9 aliphatic rings. The summed E-state index contributed by atoms with van der Waals surface area (Å²) in [6, 6.07) is 86.9. The number of para-hydroxylation sites is 1. The van der Waals surface area contributed by atoms with E-state index in [1.54, 1.807) is 40.1 Å². The number of carbonyl (C=O) groups is 8. The first kappa shape index (κ1) is 97.4. The second-order valence-electron chi connectivity index (χ2n) is 39.7. The fraction of sp³-hybridized carbons (Fsp3) is 0.328. The summed E-state index contributed by atoms with van der Waals surface area (Å²) in [4.78, 5) is 102. The molecule has 0 unspecified atom stereocenters. The predicted octanol–water partition coefficient (Wildman–Crippen LogP) is 27.3. The van der Waals surface area contributed by atoms with E-state index in [2.05, 4.69) is 173 Å². The minimum Gasteiger partial charge on any atom is -0.481 e. The molecule has 730 valence electrons. The van der Waals surface area contributed by atoms with Crippen LogP contribution in [0.15, 0.2) is 261 Å². The number of carboxylic acid groups (broad SMARTS) is 4. The minimum atomic E-state index is -0.694. The molecule has 0 radical (unpaired) electrons. The monoisotopic (exact) mass is 1910 g/mol. The summed E-state index contributed by atoms with van der Waals surface area (Å²) in [5.41, 5.74) is 27.8. The number of carboxylic acids is 4. The molecule has 12 aromatic carbocycles. The summed E-state index contributed by atoms with van der Waals surface area (Å²) in [7, 11) is 0. The van der Waals surface area contributed by atoms with E-state index in [1.807, 2.05) is 96.4 Å². The smallest absolute Gasteiger partial charge is 0.326 e. The molecular formula is C119H123FN8O14. The van der Waals surface area contributed by atoms with Crippen LogP contribution in [-0.4, -0.2) is 101 Å². The van der Waals surface area contributed by atoms with Crippen LogP contribution in [0.1, 0.15) is 208 Å². The first-order valence-corrected chi connectivity index (χ1v) is 50.3. The zero-order valence-corrected chi connectivity index (χ0v) is 80.5. The van der Waals surface area contributed by atoms with Crippen molar-refractivity contribution in [2.75, 3.05) is 73.8 Å². The zero-order chi connectivity index (χ0) is 98.4. The van der Waals surface area contributed by atoms with Crippen molar-refractivity contribution >= 4 is 93.5 Å². The van der Waals surface area contributed by atoms with Gasteiger partial charge in [-0.2, -0.15) is 0 Å². The van der Waals surface area contributed by atoms with Crippen molar-refractivity contribution < 1.29 is 72.6 Å². The van der Waals surface area contributed by atoms with Gasteiger partial charge in [-0.05, 0) is 376 Å². The number of benzene rings is 12. The van der Waals surface area contributed by atoms with Gasteiger partial charge in [0.25, 0.3) is 0 Å². The van der Waals surface area contributed by atoms with Gasteiger partial charge in [-0.1, -0.05) is 169 Å². The van der Waals surface area contributed by atoms with Crippen LogP contribution < -0.4 is 50.3 Å². The van der Waals surface area contributed by atoms with Crippen molar-refractivity contribution in [3.8, 4) is 56.0 Å². The van der Waals surface area contributed by atoms with Crippen molar-refractivity contribution in [2.24, 2.45) is 23.7 Å². The van der Waals surface area contributed by atoms with E-state index in [-0.39, 0.29) is 43.0 Å². The molecule has 142 heavy (non-hydrogen) atoms. The summed E-state index contributed by atoms with van der Waals surface area (Å²) in [5, 5.41) is 47.8. The maximum absolute atomic E-state index is 13.9. The highest BCUT2D eigenvalue weighted by atomic mass is 19.1. The first-order valence-electron chi connectivity index (χ1n) is 50.3. The summed E-state index contributed by atoms with van der Waals surface area (Å²) >= 11 is 0. The van der Waals surface area contributed by atoms with E-state index in [4.69, 9.17) is 29.9 Å². The van der Waals surface area contributed by atoms with E-state index in [9.17, 15) is 42.7 Å². The van der Waals surface area contributed by atoms with Gasteiger partial charge < -0.3 is 51.2 Å². The summed E-state index contributed by atoms with van der Waals surface area (Å²) in [6.07, 6.45) is 20.8. The number of urea groups is 4. The molecule has 0 bridgehead atoms.